The van der Waals surface area contributed by atoms with Gasteiger partial charge in [0.15, 0.2) is 0 Å². The highest BCUT2D eigenvalue weighted by Crippen LogP contribution is 2.36. The van der Waals surface area contributed by atoms with Crippen molar-refractivity contribution in [1.82, 2.24) is 0 Å². The van der Waals surface area contributed by atoms with Crippen molar-refractivity contribution >= 4 is 0 Å². The number of halogens is 5. The van der Waals surface area contributed by atoms with E-state index in [1.807, 2.05) is 0 Å². The van der Waals surface area contributed by atoms with Crippen molar-refractivity contribution < 1.29 is 31.8 Å². The van der Waals surface area contributed by atoms with E-state index in [9.17, 15) is 22.0 Å². The van der Waals surface area contributed by atoms with Crippen molar-refractivity contribution in [2.24, 2.45) is 0 Å². The molecule has 0 aliphatic rings. The van der Waals surface area contributed by atoms with Crippen molar-refractivity contribution in [3.05, 3.63) is 53.6 Å². The zero-order valence-corrected chi connectivity index (χ0v) is 10.4. The van der Waals surface area contributed by atoms with E-state index in [2.05, 4.69) is 4.74 Å². The van der Waals surface area contributed by atoms with E-state index in [0.717, 1.165) is 24.3 Å². The van der Waals surface area contributed by atoms with E-state index < -0.39 is 35.9 Å². The third-order valence-corrected chi connectivity index (χ3v) is 2.67. The van der Waals surface area contributed by atoms with Crippen LogP contribution in [0.5, 0.6) is 5.75 Å². The summed E-state index contributed by atoms with van der Waals surface area (Å²) in [7, 11) is 0. The van der Waals surface area contributed by atoms with Gasteiger partial charge in [-0.25, -0.2) is 8.78 Å². The summed E-state index contributed by atoms with van der Waals surface area (Å²) in [4.78, 5) is 0. The Labute approximate surface area is 116 Å². The van der Waals surface area contributed by atoms with Crippen LogP contribution in [0, 0.1) is 11.6 Å². The first-order valence-electron chi connectivity index (χ1n) is 5.75. The molecule has 0 unspecified atom stereocenters. The lowest BCUT2D eigenvalue weighted by Gasteiger charge is -2.14. The van der Waals surface area contributed by atoms with Gasteiger partial charge in [0.2, 0.25) is 0 Å². The van der Waals surface area contributed by atoms with Crippen LogP contribution in [0.25, 0.3) is 11.1 Å². The van der Waals surface area contributed by atoms with Crippen molar-refractivity contribution in [2.45, 2.75) is 13.0 Å². The smallest absolute Gasteiger partial charge is 0.405 e. The zero-order valence-electron chi connectivity index (χ0n) is 10.4. The molecule has 0 saturated carbocycles. The Morgan fingerprint density at radius 3 is 2.10 bits per heavy atom. The molecule has 112 valence electrons. The van der Waals surface area contributed by atoms with Crippen LogP contribution in [0.1, 0.15) is 5.56 Å². The first kappa shape index (κ1) is 15.2. The summed E-state index contributed by atoms with van der Waals surface area (Å²) in [5.41, 5.74) is -1.04. The second kappa shape index (κ2) is 5.69. The summed E-state index contributed by atoms with van der Waals surface area (Å²) in [5, 5.41) is 8.85. The molecule has 0 heterocycles. The molecule has 0 aromatic heterocycles. The average Bonchev–Trinajstić information content (AvgIpc) is 2.38. The molecule has 7 heteroatoms. The standard InChI is InChI=1S/C14H9F5O2/c15-10-5-8(7-20)6-11(16)13(10)9-3-1-2-4-12(9)21-14(17,18)19/h1-6,20H,7H2. The number of aliphatic hydroxyl groups is 1. The summed E-state index contributed by atoms with van der Waals surface area (Å²) < 4.78 is 68.5. The summed E-state index contributed by atoms with van der Waals surface area (Å²) in [6.45, 7) is -0.588. The van der Waals surface area contributed by atoms with Gasteiger partial charge in [-0.05, 0) is 23.8 Å². The van der Waals surface area contributed by atoms with Gasteiger partial charge in [0.1, 0.15) is 17.4 Å². The molecule has 0 atom stereocenters. The Morgan fingerprint density at radius 2 is 1.57 bits per heavy atom. The van der Waals surface area contributed by atoms with Crippen molar-refractivity contribution in [2.75, 3.05) is 0 Å². The van der Waals surface area contributed by atoms with E-state index >= 15 is 0 Å². The SMILES string of the molecule is OCc1cc(F)c(-c2ccccc2OC(F)(F)F)c(F)c1. The van der Waals surface area contributed by atoms with Gasteiger partial charge in [0, 0.05) is 5.56 Å². The van der Waals surface area contributed by atoms with Crippen LogP contribution in [-0.2, 0) is 6.61 Å². The fraction of sp³-hybridized carbons (Fsp3) is 0.143. The molecular weight excluding hydrogens is 295 g/mol. The lowest BCUT2D eigenvalue weighted by molar-refractivity contribution is -0.274. The number of alkyl halides is 3. The number of hydrogen-bond acceptors (Lipinski definition) is 2. The summed E-state index contributed by atoms with van der Waals surface area (Å²) in [5.74, 6) is -2.88. The van der Waals surface area contributed by atoms with Crippen LogP contribution in [-0.4, -0.2) is 11.5 Å². The van der Waals surface area contributed by atoms with Gasteiger partial charge < -0.3 is 9.84 Å². The Hall–Kier alpha value is -2.15. The van der Waals surface area contributed by atoms with Gasteiger partial charge in [-0.3, -0.25) is 0 Å². The van der Waals surface area contributed by atoms with Gasteiger partial charge in [-0.15, -0.1) is 13.2 Å². The predicted octanol–water partition coefficient (Wildman–Crippen LogP) is 4.02. The topological polar surface area (TPSA) is 29.5 Å². The number of aliphatic hydroxyl groups excluding tert-OH is 1. The molecule has 0 bridgehead atoms. The van der Waals surface area contributed by atoms with E-state index in [1.165, 1.54) is 12.1 Å². The van der Waals surface area contributed by atoms with E-state index in [4.69, 9.17) is 5.11 Å². The average molecular weight is 304 g/mol. The molecule has 2 nitrogen and oxygen atoms in total. The maximum absolute atomic E-state index is 13.9. The fourth-order valence-electron chi connectivity index (χ4n) is 1.86. The lowest BCUT2D eigenvalue weighted by Crippen LogP contribution is -2.17. The van der Waals surface area contributed by atoms with Crippen molar-refractivity contribution in [3.8, 4) is 16.9 Å². The molecule has 0 fully saturated rings. The minimum absolute atomic E-state index is 0.0250. The normalized spacial score (nSPS) is 11.5. The van der Waals surface area contributed by atoms with Gasteiger partial charge in [0.25, 0.3) is 0 Å². The largest absolute Gasteiger partial charge is 0.573 e. The number of ether oxygens (including phenoxy) is 1. The minimum Gasteiger partial charge on any atom is -0.405 e. The maximum atomic E-state index is 13.9. The molecule has 2 aromatic rings. The van der Waals surface area contributed by atoms with Crippen LogP contribution in [0.2, 0.25) is 0 Å². The molecule has 0 radical (unpaired) electrons. The van der Waals surface area contributed by atoms with E-state index in [1.54, 1.807) is 0 Å². The Bertz CT molecular complexity index is 629. The molecule has 0 saturated heterocycles. The molecule has 1 N–H and O–H groups in total. The third-order valence-electron chi connectivity index (χ3n) is 2.67. The first-order valence-corrected chi connectivity index (χ1v) is 5.75. The third kappa shape index (κ3) is 3.49. The summed E-state index contributed by atoms with van der Waals surface area (Å²) >= 11 is 0. The molecule has 0 aliphatic carbocycles. The Balaban J connectivity index is 2.57. The molecule has 0 amide bonds. The molecule has 2 aromatic carbocycles. The maximum Gasteiger partial charge on any atom is 0.573 e. The van der Waals surface area contributed by atoms with E-state index in [0.29, 0.717) is 0 Å². The minimum atomic E-state index is -4.98. The number of rotatable bonds is 3. The Kier molecular flexibility index (Phi) is 4.13. The van der Waals surface area contributed by atoms with Crippen LogP contribution in [0.3, 0.4) is 0 Å². The highest BCUT2D eigenvalue weighted by Gasteiger charge is 2.32. The van der Waals surface area contributed by atoms with Gasteiger partial charge in [-0.1, -0.05) is 18.2 Å². The van der Waals surface area contributed by atoms with Crippen molar-refractivity contribution in [1.29, 1.82) is 0 Å². The second-order valence-electron chi connectivity index (χ2n) is 4.14. The molecule has 0 spiro atoms. The van der Waals surface area contributed by atoms with Crippen LogP contribution >= 0.6 is 0 Å². The van der Waals surface area contributed by atoms with Crippen LogP contribution in [0.15, 0.2) is 36.4 Å². The predicted molar refractivity (Wildman–Crippen MR) is 64.4 cm³/mol. The highest BCUT2D eigenvalue weighted by atomic mass is 19.4. The number of hydrogen-bond donors (Lipinski definition) is 1. The molecule has 0 aliphatic heterocycles. The number of benzene rings is 2. The van der Waals surface area contributed by atoms with Crippen LogP contribution in [0.4, 0.5) is 22.0 Å². The van der Waals surface area contributed by atoms with Gasteiger partial charge in [-0.2, -0.15) is 0 Å². The fourth-order valence-corrected chi connectivity index (χ4v) is 1.86. The van der Waals surface area contributed by atoms with Crippen LogP contribution < -0.4 is 4.74 Å². The van der Waals surface area contributed by atoms with E-state index in [-0.39, 0.29) is 11.1 Å². The van der Waals surface area contributed by atoms with Gasteiger partial charge >= 0.3 is 6.36 Å². The zero-order chi connectivity index (χ0) is 15.6. The lowest BCUT2D eigenvalue weighted by atomic mass is 10.0. The summed E-state index contributed by atoms with van der Waals surface area (Å²) in [6, 6.07) is 6.36. The van der Waals surface area contributed by atoms with Crippen molar-refractivity contribution in [3.63, 3.8) is 0 Å². The first-order chi connectivity index (χ1) is 9.81. The monoisotopic (exact) mass is 304 g/mol. The highest BCUT2D eigenvalue weighted by molar-refractivity contribution is 5.71. The van der Waals surface area contributed by atoms with Gasteiger partial charge in [0.05, 0.1) is 12.2 Å². The molecule has 21 heavy (non-hydrogen) atoms. The molecular formula is C14H9F5O2. The summed E-state index contributed by atoms with van der Waals surface area (Å²) in [6.07, 6.45) is -4.98. The second-order valence-corrected chi connectivity index (χ2v) is 4.14. The number of para-hydroxylation sites is 1. The molecule has 2 rings (SSSR count). The Morgan fingerprint density at radius 1 is 1.00 bits per heavy atom. The quantitative estimate of drug-likeness (QED) is 0.868.